The Kier molecular flexibility index (Phi) is 3.56. The zero-order valence-electron chi connectivity index (χ0n) is 8.58. The van der Waals surface area contributed by atoms with Crippen LogP contribution in [0.1, 0.15) is 6.42 Å². The number of non-ortho nitro benzene ring substituents is 1. The van der Waals surface area contributed by atoms with E-state index in [9.17, 15) is 14.9 Å². The van der Waals surface area contributed by atoms with E-state index < -0.39 is 4.92 Å². The lowest BCUT2D eigenvalue weighted by Gasteiger charge is -2.15. The standard InChI is InChI=1S/C10H9N3O3/c1-12(10(14)6-7-11)8-2-4-9(5-3-8)13(15)16/h2-5H,6H2,1H3. The number of hydrogen-bond acceptors (Lipinski definition) is 4. The van der Waals surface area contributed by atoms with Gasteiger partial charge in [-0.25, -0.2) is 0 Å². The summed E-state index contributed by atoms with van der Waals surface area (Å²) in [5.74, 6) is -0.351. The first-order valence-corrected chi connectivity index (χ1v) is 4.44. The van der Waals surface area contributed by atoms with Gasteiger partial charge in [-0.3, -0.25) is 14.9 Å². The maximum Gasteiger partial charge on any atom is 0.269 e. The van der Waals surface area contributed by atoms with Gasteiger partial charge in [0.25, 0.3) is 5.69 Å². The second-order valence-electron chi connectivity index (χ2n) is 3.06. The predicted molar refractivity (Wildman–Crippen MR) is 56.7 cm³/mol. The van der Waals surface area contributed by atoms with Crippen LogP contribution in [0.2, 0.25) is 0 Å². The van der Waals surface area contributed by atoms with Crippen molar-refractivity contribution in [3.05, 3.63) is 34.4 Å². The van der Waals surface area contributed by atoms with Crippen LogP contribution in [0.4, 0.5) is 11.4 Å². The highest BCUT2D eigenvalue weighted by Gasteiger charge is 2.11. The van der Waals surface area contributed by atoms with Crippen LogP contribution < -0.4 is 4.90 Å². The molecule has 1 rings (SSSR count). The SMILES string of the molecule is CN(C(=O)CC#N)c1ccc([N+](=O)[O-])cc1. The fourth-order valence-corrected chi connectivity index (χ4v) is 1.13. The molecule has 0 aliphatic heterocycles. The van der Waals surface area contributed by atoms with E-state index in [0.717, 1.165) is 0 Å². The number of nitro groups is 1. The van der Waals surface area contributed by atoms with Gasteiger partial charge in [0, 0.05) is 24.9 Å². The van der Waals surface area contributed by atoms with Crippen molar-refractivity contribution in [2.24, 2.45) is 0 Å². The summed E-state index contributed by atoms with van der Waals surface area (Å²) in [6.07, 6.45) is -0.215. The molecule has 0 fully saturated rings. The fraction of sp³-hybridized carbons (Fsp3) is 0.200. The van der Waals surface area contributed by atoms with Crippen LogP contribution in [0.25, 0.3) is 0 Å². The molecule has 6 heteroatoms. The minimum atomic E-state index is -0.513. The van der Waals surface area contributed by atoms with Gasteiger partial charge < -0.3 is 4.90 Å². The van der Waals surface area contributed by atoms with Gasteiger partial charge in [0.15, 0.2) is 0 Å². The first kappa shape index (κ1) is 11.7. The number of nitrogens with zero attached hydrogens (tertiary/aromatic N) is 3. The second-order valence-corrected chi connectivity index (χ2v) is 3.06. The summed E-state index contributed by atoms with van der Waals surface area (Å²) in [7, 11) is 1.51. The fourth-order valence-electron chi connectivity index (χ4n) is 1.13. The van der Waals surface area contributed by atoms with Gasteiger partial charge in [-0.05, 0) is 12.1 Å². The normalized spacial score (nSPS) is 9.25. The van der Waals surface area contributed by atoms with Gasteiger partial charge in [0.05, 0.1) is 11.0 Å². The average Bonchev–Trinajstić information content (AvgIpc) is 2.28. The van der Waals surface area contributed by atoms with Gasteiger partial charge in [-0.15, -0.1) is 0 Å². The Morgan fingerprint density at radius 1 is 1.50 bits per heavy atom. The maximum absolute atomic E-state index is 11.3. The topological polar surface area (TPSA) is 87.2 Å². The molecule has 0 aliphatic rings. The Hall–Kier alpha value is -2.42. The lowest BCUT2D eigenvalue weighted by atomic mass is 10.2. The van der Waals surface area contributed by atoms with Gasteiger partial charge in [0.1, 0.15) is 6.42 Å². The zero-order valence-corrected chi connectivity index (χ0v) is 8.58. The summed E-state index contributed by atoms with van der Waals surface area (Å²) in [6.45, 7) is 0. The maximum atomic E-state index is 11.3. The minimum absolute atomic E-state index is 0.0371. The summed E-state index contributed by atoms with van der Waals surface area (Å²) in [5.41, 5.74) is 0.482. The Morgan fingerprint density at radius 2 is 2.06 bits per heavy atom. The van der Waals surface area contributed by atoms with Crippen LogP contribution in [-0.4, -0.2) is 17.9 Å². The third kappa shape index (κ3) is 2.54. The van der Waals surface area contributed by atoms with E-state index in [1.165, 1.54) is 36.2 Å². The highest BCUT2D eigenvalue weighted by molar-refractivity contribution is 5.94. The quantitative estimate of drug-likeness (QED) is 0.568. The lowest BCUT2D eigenvalue weighted by molar-refractivity contribution is -0.384. The Balaban J connectivity index is 2.86. The Bertz CT molecular complexity index is 447. The number of carbonyl (C=O) groups is 1. The molecule has 0 saturated carbocycles. The summed E-state index contributed by atoms with van der Waals surface area (Å²) >= 11 is 0. The minimum Gasteiger partial charge on any atom is -0.315 e. The molecule has 1 aromatic carbocycles. The molecule has 0 atom stereocenters. The van der Waals surface area contributed by atoms with E-state index in [-0.39, 0.29) is 18.0 Å². The largest absolute Gasteiger partial charge is 0.315 e. The van der Waals surface area contributed by atoms with E-state index in [1.807, 2.05) is 0 Å². The van der Waals surface area contributed by atoms with Crippen LogP contribution in [0.3, 0.4) is 0 Å². The summed E-state index contributed by atoms with van der Waals surface area (Å²) in [5, 5.41) is 18.8. The molecule has 0 saturated heterocycles. The third-order valence-corrected chi connectivity index (χ3v) is 2.05. The van der Waals surface area contributed by atoms with Crippen LogP contribution in [0, 0.1) is 21.4 Å². The average molecular weight is 219 g/mol. The number of nitro benzene ring substituents is 1. The highest BCUT2D eigenvalue weighted by atomic mass is 16.6. The van der Waals surface area contributed by atoms with E-state index in [4.69, 9.17) is 5.26 Å². The molecule has 0 aromatic heterocycles. The van der Waals surface area contributed by atoms with Crippen molar-refractivity contribution in [1.29, 1.82) is 5.26 Å². The number of benzene rings is 1. The molecule has 0 aliphatic carbocycles. The molecule has 0 heterocycles. The zero-order chi connectivity index (χ0) is 12.1. The summed E-state index contributed by atoms with van der Waals surface area (Å²) in [4.78, 5) is 22.5. The molecule has 0 bridgehead atoms. The smallest absolute Gasteiger partial charge is 0.269 e. The summed E-state index contributed by atoms with van der Waals surface area (Å²) < 4.78 is 0. The molecule has 0 radical (unpaired) electrons. The van der Waals surface area contributed by atoms with E-state index in [0.29, 0.717) is 5.69 Å². The molecule has 1 amide bonds. The molecule has 0 unspecified atom stereocenters. The number of carbonyl (C=O) groups excluding carboxylic acids is 1. The molecular formula is C10H9N3O3. The molecule has 1 aromatic rings. The highest BCUT2D eigenvalue weighted by Crippen LogP contribution is 2.18. The monoisotopic (exact) mass is 219 g/mol. The number of nitriles is 1. The van der Waals surface area contributed by atoms with Crippen molar-refractivity contribution in [1.82, 2.24) is 0 Å². The number of amides is 1. The van der Waals surface area contributed by atoms with Crippen LogP contribution in [-0.2, 0) is 4.79 Å². The van der Waals surface area contributed by atoms with E-state index in [1.54, 1.807) is 6.07 Å². The van der Waals surface area contributed by atoms with Crippen molar-refractivity contribution in [3.63, 3.8) is 0 Å². The van der Waals surface area contributed by atoms with Crippen molar-refractivity contribution in [2.75, 3.05) is 11.9 Å². The Morgan fingerprint density at radius 3 is 2.50 bits per heavy atom. The lowest BCUT2D eigenvalue weighted by Crippen LogP contribution is -2.25. The van der Waals surface area contributed by atoms with Crippen LogP contribution >= 0.6 is 0 Å². The molecule has 0 N–H and O–H groups in total. The van der Waals surface area contributed by atoms with Crippen molar-refractivity contribution >= 4 is 17.3 Å². The third-order valence-electron chi connectivity index (χ3n) is 2.05. The first-order valence-electron chi connectivity index (χ1n) is 4.44. The van der Waals surface area contributed by atoms with Crippen molar-refractivity contribution < 1.29 is 9.72 Å². The van der Waals surface area contributed by atoms with Crippen LogP contribution in [0.15, 0.2) is 24.3 Å². The molecule has 6 nitrogen and oxygen atoms in total. The summed E-state index contributed by atoms with van der Waals surface area (Å²) in [6, 6.07) is 7.30. The molecule has 0 spiro atoms. The van der Waals surface area contributed by atoms with Gasteiger partial charge >= 0.3 is 0 Å². The van der Waals surface area contributed by atoms with Gasteiger partial charge in [-0.2, -0.15) is 5.26 Å². The van der Waals surface area contributed by atoms with E-state index in [2.05, 4.69) is 0 Å². The number of rotatable bonds is 3. The van der Waals surface area contributed by atoms with Crippen LogP contribution in [0.5, 0.6) is 0 Å². The first-order chi connectivity index (χ1) is 7.56. The predicted octanol–water partition coefficient (Wildman–Crippen LogP) is 1.47. The molecular weight excluding hydrogens is 210 g/mol. The van der Waals surface area contributed by atoms with Crippen molar-refractivity contribution in [3.8, 4) is 6.07 Å². The second kappa shape index (κ2) is 4.89. The molecule has 82 valence electrons. The number of hydrogen-bond donors (Lipinski definition) is 0. The Labute approximate surface area is 91.9 Å². The van der Waals surface area contributed by atoms with Crippen molar-refractivity contribution in [2.45, 2.75) is 6.42 Å². The number of anilines is 1. The van der Waals surface area contributed by atoms with Gasteiger partial charge in [0.2, 0.25) is 5.91 Å². The molecule has 16 heavy (non-hydrogen) atoms. The van der Waals surface area contributed by atoms with E-state index >= 15 is 0 Å². The van der Waals surface area contributed by atoms with Gasteiger partial charge in [-0.1, -0.05) is 0 Å².